The van der Waals surface area contributed by atoms with Gasteiger partial charge in [0.2, 0.25) is 0 Å². The van der Waals surface area contributed by atoms with E-state index in [1.165, 1.54) is 0 Å². The predicted octanol–water partition coefficient (Wildman–Crippen LogP) is 1.45. The Morgan fingerprint density at radius 3 is 1.37 bits per heavy atom. The first-order chi connectivity index (χ1) is 8.45. The molecule has 0 radical (unpaired) electrons. The van der Waals surface area contributed by atoms with Crippen LogP contribution in [-0.2, 0) is 10.3 Å². The Labute approximate surface area is 153 Å². The van der Waals surface area contributed by atoms with Gasteiger partial charge >= 0.3 is 48.9 Å². The van der Waals surface area contributed by atoms with Crippen molar-refractivity contribution in [3.63, 3.8) is 0 Å². The van der Waals surface area contributed by atoms with Gasteiger partial charge in [0.05, 0.1) is 0 Å². The first kappa shape index (κ1) is 18.7. The normalized spacial score (nSPS) is 9.58. The van der Waals surface area contributed by atoms with Crippen molar-refractivity contribution in [3.05, 3.63) is 60.7 Å². The maximum Gasteiger partial charge on any atom is 2.00 e. The molecule has 0 aliphatic rings. The largest absolute Gasteiger partial charge is 2.00 e. The van der Waals surface area contributed by atoms with E-state index >= 15 is 0 Å². The van der Waals surface area contributed by atoms with Gasteiger partial charge in [0, 0.05) is 11.4 Å². The molecule has 0 heterocycles. The molecule has 7 heteroatoms. The second-order valence-corrected chi connectivity index (χ2v) is 4.34. The van der Waals surface area contributed by atoms with Crippen LogP contribution in [0.3, 0.4) is 0 Å². The summed E-state index contributed by atoms with van der Waals surface area (Å²) in [5, 5.41) is 7.07. The minimum Gasteiger partial charge on any atom is -0.736 e. The summed E-state index contributed by atoms with van der Waals surface area (Å²) in [5.74, 6) is 0. The molecule has 2 aromatic rings. The number of benzene rings is 2. The molecular formula is C12H13BaN2O3S+. The third kappa shape index (κ3) is 11.2. The summed E-state index contributed by atoms with van der Waals surface area (Å²) >= 11 is 0. The maximum absolute atomic E-state index is 8.85. The summed E-state index contributed by atoms with van der Waals surface area (Å²) in [7, 11) is -4.42. The van der Waals surface area contributed by atoms with Crippen LogP contribution in [0.5, 0.6) is 0 Å². The number of para-hydroxylation sites is 2. The summed E-state index contributed by atoms with van der Waals surface area (Å²) in [6.07, 6.45) is 0. The topological polar surface area (TPSA) is 95.2 Å². The quantitative estimate of drug-likeness (QED) is 0.587. The molecule has 0 aromatic heterocycles. The Balaban J connectivity index is 0.000000471. The van der Waals surface area contributed by atoms with E-state index in [-0.39, 0.29) is 48.9 Å². The molecule has 0 bridgehead atoms. The van der Waals surface area contributed by atoms with Gasteiger partial charge in [0.15, 0.2) is 10.3 Å². The molecule has 96 valence electrons. The van der Waals surface area contributed by atoms with Gasteiger partial charge in [-0.1, -0.05) is 36.4 Å². The minimum atomic E-state index is -4.42. The molecule has 0 fully saturated rings. The molecule has 2 rings (SSSR count). The number of nitrogens with two attached hydrogens (primary N) is 1. The van der Waals surface area contributed by atoms with Crippen LogP contribution in [0, 0.1) is 0 Å². The second kappa shape index (κ2) is 9.56. The van der Waals surface area contributed by atoms with Gasteiger partial charge in [0.1, 0.15) is 0 Å². The average molecular weight is 403 g/mol. The predicted molar refractivity (Wildman–Crippen MR) is 75.8 cm³/mol. The van der Waals surface area contributed by atoms with Crippen molar-refractivity contribution in [2.45, 2.75) is 0 Å². The first-order valence-electron chi connectivity index (χ1n) is 5.06. The van der Waals surface area contributed by atoms with Crippen molar-refractivity contribution in [2.75, 3.05) is 5.32 Å². The zero-order valence-corrected chi connectivity index (χ0v) is 15.4. The van der Waals surface area contributed by atoms with E-state index in [9.17, 15) is 0 Å². The second-order valence-electron chi connectivity index (χ2n) is 3.35. The Kier molecular flexibility index (Phi) is 9.40. The number of nitrogens with one attached hydrogen (secondary N) is 1. The van der Waals surface area contributed by atoms with Crippen LogP contribution in [-0.4, -0.2) is 61.9 Å². The molecule has 3 N–H and O–H groups in total. The smallest absolute Gasteiger partial charge is 0.736 e. The van der Waals surface area contributed by atoms with Gasteiger partial charge in [-0.15, -0.1) is 0 Å². The van der Waals surface area contributed by atoms with Crippen molar-refractivity contribution < 1.29 is 13.0 Å². The monoisotopic (exact) mass is 403 g/mol. The number of hydrogen-bond acceptors (Lipinski definition) is 4. The standard InChI is InChI=1S/C12H11N.Ba.H3NO3S/c1-3-7-11(8-4-1)13-12-9-5-2-6-10-12;;1-5(2,3)4/h1-10,13H;;(H3,1,2,3,4)/q;+2;/p-1. The molecule has 2 aromatic carbocycles. The first-order valence-corrected chi connectivity index (χ1v) is 6.53. The van der Waals surface area contributed by atoms with Crippen LogP contribution in [0.4, 0.5) is 11.4 Å². The van der Waals surface area contributed by atoms with Crippen LogP contribution in [0.1, 0.15) is 0 Å². The van der Waals surface area contributed by atoms with Crippen molar-refractivity contribution in [3.8, 4) is 0 Å². The van der Waals surface area contributed by atoms with Gasteiger partial charge in [-0.25, -0.2) is 13.6 Å². The van der Waals surface area contributed by atoms with E-state index in [2.05, 4.69) is 10.5 Å². The van der Waals surface area contributed by atoms with E-state index in [0.717, 1.165) is 11.4 Å². The summed E-state index contributed by atoms with van der Waals surface area (Å²) in [6.45, 7) is 0. The molecule has 0 unspecified atom stereocenters. The van der Waals surface area contributed by atoms with Gasteiger partial charge in [-0.2, -0.15) is 0 Å². The summed E-state index contributed by atoms with van der Waals surface area (Å²) < 4.78 is 26.6. The molecule has 0 saturated heterocycles. The van der Waals surface area contributed by atoms with E-state index < -0.39 is 10.3 Å². The fourth-order valence-electron chi connectivity index (χ4n) is 1.21. The van der Waals surface area contributed by atoms with Crippen molar-refractivity contribution in [1.82, 2.24) is 0 Å². The van der Waals surface area contributed by atoms with E-state index in [1.54, 1.807) is 0 Å². The molecule has 5 nitrogen and oxygen atoms in total. The molecule has 19 heavy (non-hydrogen) atoms. The Bertz CT molecular complexity index is 517. The summed E-state index contributed by atoms with van der Waals surface area (Å²) in [6, 6.07) is 20.3. The summed E-state index contributed by atoms with van der Waals surface area (Å²) in [4.78, 5) is 0. The number of anilines is 2. The Morgan fingerprint density at radius 2 is 1.11 bits per heavy atom. The molecule has 0 aliphatic carbocycles. The van der Waals surface area contributed by atoms with Crippen molar-refractivity contribution in [2.24, 2.45) is 5.14 Å². The molecular weight excluding hydrogens is 390 g/mol. The minimum absolute atomic E-state index is 0. The van der Waals surface area contributed by atoms with Crippen LogP contribution < -0.4 is 10.5 Å². The van der Waals surface area contributed by atoms with Crippen molar-refractivity contribution >= 4 is 70.6 Å². The summed E-state index contributed by atoms with van der Waals surface area (Å²) in [5.41, 5.74) is 2.24. The van der Waals surface area contributed by atoms with Gasteiger partial charge in [-0.05, 0) is 24.3 Å². The third-order valence-corrected chi connectivity index (χ3v) is 1.84. The van der Waals surface area contributed by atoms with E-state index in [1.807, 2.05) is 60.7 Å². The fraction of sp³-hybridized carbons (Fsp3) is 0. The third-order valence-electron chi connectivity index (χ3n) is 1.84. The van der Waals surface area contributed by atoms with Crippen molar-refractivity contribution in [1.29, 1.82) is 0 Å². The molecule has 0 aliphatic heterocycles. The number of hydrogen-bond donors (Lipinski definition) is 2. The van der Waals surface area contributed by atoms with Gasteiger partial charge < -0.3 is 9.87 Å². The molecule has 0 amide bonds. The van der Waals surface area contributed by atoms with Gasteiger partial charge in [0.25, 0.3) is 0 Å². The molecule has 0 atom stereocenters. The van der Waals surface area contributed by atoms with Gasteiger partial charge in [-0.3, -0.25) is 0 Å². The molecule has 0 saturated carbocycles. The fourth-order valence-corrected chi connectivity index (χ4v) is 1.21. The van der Waals surface area contributed by atoms with Crippen LogP contribution in [0.25, 0.3) is 0 Å². The van der Waals surface area contributed by atoms with E-state index in [4.69, 9.17) is 13.0 Å². The van der Waals surface area contributed by atoms with Crippen LogP contribution in [0.2, 0.25) is 0 Å². The van der Waals surface area contributed by atoms with Crippen LogP contribution in [0.15, 0.2) is 60.7 Å². The van der Waals surface area contributed by atoms with E-state index in [0.29, 0.717) is 0 Å². The SMILES string of the molecule is NS(=O)(=O)[O-].[Ba+2].c1ccc(Nc2ccccc2)cc1. The van der Waals surface area contributed by atoms with Crippen LogP contribution >= 0.6 is 0 Å². The Hall–Kier alpha value is -0.319. The average Bonchev–Trinajstić information content (AvgIpc) is 2.29. The Morgan fingerprint density at radius 1 is 0.842 bits per heavy atom. The zero-order valence-electron chi connectivity index (χ0n) is 10.2. The maximum atomic E-state index is 8.85. The number of rotatable bonds is 2. The molecule has 0 spiro atoms. The zero-order chi connectivity index (χ0) is 13.4.